The minimum absolute atomic E-state index is 0.268. The number of primary amides is 1. The zero-order valence-corrected chi connectivity index (χ0v) is 19.4. The Labute approximate surface area is 196 Å². The minimum atomic E-state index is -1.11. The summed E-state index contributed by atoms with van der Waals surface area (Å²) in [5.74, 6) is -0.0929. The van der Waals surface area contributed by atoms with E-state index in [1.54, 1.807) is 24.3 Å². The normalized spacial score (nSPS) is 11.9. The summed E-state index contributed by atoms with van der Waals surface area (Å²) in [5, 5.41) is 3.91. The Bertz CT molecular complexity index is 1200. The van der Waals surface area contributed by atoms with Gasteiger partial charge in [-0.05, 0) is 55.3 Å². The zero-order valence-electron chi connectivity index (χ0n) is 19.4. The summed E-state index contributed by atoms with van der Waals surface area (Å²) in [6.45, 7) is 3.92. The maximum Gasteiger partial charge on any atom is 0.247 e. The number of carbonyl (C=O) groups is 2. The van der Waals surface area contributed by atoms with Crippen LogP contribution in [0.2, 0.25) is 0 Å². The summed E-state index contributed by atoms with van der Waals surface area (Å²) in [6.07, 6.45) is 2.87. The summed E-state index contributed by atoms with van der Waals surface area (Å²) < 4.78 is 30.0. The van der Waals surface area contributed by atoms with Gasteiger partial charge in [0.15, 0.2) is 11.5 Å². The molecule has 1 aromatic heterocycles. The Morgan fingerprint density at radius 2 is 1.97 bits per heavy atom. The highest BCUT2D eigenvalue weighted by molar-refractivity contribution is 5.95. The van der Waals surface area contributed by atoms with Gasteiger partial charge in [-0.3, -0.25) is 9.59 Å². The molecule has 34 heavy (non-hydrogen) atoms. The zero-order chi connectivity index (χ0) is 24.8. The standard InChI is InChI=1S/C25H26FN3O5/c1-15-20(16(2)34-28-15)14-33-21-10-8-17(12-22(21)32-4)9-11-23(30)29(3)24(25(27)31)18-6-5-7-19(26)13-18/h5-13,24H,14H2,1-4H3,(H2,27,31)/b11-9+. The summed E-state index contributed by atoms with van der Waals surface area (Å²) in [6, 6.07) is 9.51. The Morgan fingerprint density at radius 1 is 1.21 bits per heavy atom. The minimum Gasteiger partial charge on any atom is -0.493 e. The van der Waals surface area contributed by atoms with Gasteiger partial charge in [-0.2, -0.15) is 0 Å². The van der Waals surface area contributed by atoms with Gasteiger partial charge in [0.2, 0.25) is 11.8 Å². The number of amides is 2. The molecule has 2 amide bonds. The first-order valence-electron chi connectivity index (χ1n) is 10.4. The average Bonchev–Trinajstić information content (AvgIpc) is 3.13. The van der Waals surface area contributed by atoms with Crippen LogP contribution in [0.4, 0.5) is 4.39 Å². The van der Waals surface area contributed by atoms with Gasteiger partial charge < -0.3 is 24.6 Å². The van der Waals surface area contributed by atoms with Gasteiger partial charge in [0.05, 0.1) is 18.4 Å². The third-order valence-electron chi connectivity index (χ3n) is 5.33. The molecule has 1 atom stereocenters. The Morgan fingerprint density at radius 3 is 2.59 bits per heavy atom. The third-order valence-corrected chi connectivity index (χ3v) is 5.33. The van der Waals surface area contributed by atoms with Crippen LogP contribution in [0.5, 0.6) is 11.5 Å². The average molecular weight is 467 g/mol. The number of benzene rings is 2. The number of rotatable bonds is 9. The summed E-state index contributed by atoms with van der Waals surface area (Å²) in [7, 11) is 2.94. The number of aryl methyl sites for hydroxylation is 2. The van der Waals surface area contributed by atoms with Crippen LogP contribution in [0, 0.1) is 19.7 Å². The van der Waals surface area contributed by atoms with E-state index >= 15 is 0 Å². The summed E-state index contributed by atoms with van der Waals surface area (Å²) in [5.41, 5.74) is 8.06. The fourth-order valence-electron chi connectivity index (χ4n) is 3.43. The molecule has 3 rings (SSSR count). The number of aromatic nitrogens is 1. The molecule has 9 heteroatoms. The van der Waals surface area contributed by atoms with Crippen molar-refractivity contribution in [2.75, 3.05) is 14.2 Å². The van der Waals surface area contributed by atoms with Crippen LogP contribution in [-0.2, 0) is 16.2 Å². The van der Waals surface area contributed by atoms with E-state index in [1.165, 1.54) is 44.5 Å². The highest BCUT2D eigenvalue weighted by Gasteiger charge is 2.26. The van der Waals surface area contributed by atoms with Crippen molar-refractivity contribution in [2.45, 2.75) is 26.5 Å². The van der Waals surface area contributed by atoms with E-state index in [0.717, 1.165) is 16.2 Å². The molecule has 2 N–H and O–H groups in total. The number of hydrogen-bond donors (Lipinski definition) is 1. The molecule has 0 aliphatic carbocycles. The van der Waals surface area contributed by atoms with Crippen molar-refractivity contribution in [2.24, 2.45) is 5.73 Å². The molecule has 3 aromatic rings. The molecule has 0 aliphatic heterocycles. The molecule has 2 aromatic carbocycles. The van der Waals surface area contributed by atoms with Crippen molar-refractivity contribution in [1.82, 2.24) is 10.1 Å². The van der Waals surface area contributed by atoms with E-state index < -0.39 is 23.7 Å². The molecule has 0 fully saturated rings. The fraction of sp³-hybridized carbons (Fsp3) is 0.240. The van der Waals surface area contributed by atoms with Crippen LogP contribution in [0.3, 0.4) is 0 Å². The number of carbonyl (C=O) groups excluding carboxylic acids is 2. The smallest absolute Gasteiger partial charge is 0.247 e. The molecule has 178 valence electrons. The second-order valence-corrected chi connectivity index (χ2v) is 7.64. The van der Waals surface area contributed by atoms with E-state index in [2.05, 4.69) is 5.16 Å². The Balaban J connectivity index is 1.73. The van der Waals surface area contributed by atoms with Gasteiger partial charge in [0, 0.05) is 13.1 Å². The van der Waals surface area contributed by atoms with Crippen molar-refractivity contribution in [3.8, 4) is 11.5 Å². The first-order chi connectivity index (χ1) is 16.2. The number of ether oxygens (including phenoxy) is 2. The molecular formula is C25H26FN3O5. The lowest BCUT2D eigenvalue weighted by Crippen LogP contribution is -2.38. The van der Waals surface area contributed by atoms with Crippen molar-refractivity contribution in [3.63, 3.8) is 0 Å². The van der Waals surface area contributed by atoms with E-state index in [1.807, 2.05) is 13.8 Å². The van der Waals surface area contributed by atoms with Crippen molar-refractivity contribution >= 4 is 17.9 Å². The molecular weight excluding hydrogens is 441 g/mol. The second-order valence-electron chi connectivity index (χ2n) is 7.64. The van der Waals surface area contributed by atoms with E-state index in [0.29, 0.717) is 28.4 Å². The topological polar surface area (TPSA) is 108 Å². The predicted molar refractivity (Wildman–Crippen MR) is 123 cm³/mol. The number of likely N-dealkylation sites (N-methyl/N-ethyl adjacent to an activating group) is 1. The van der Waals surface area contributed by atoms with Crippen molar-refractivity contribution in [3.05, 3.63) is 82.5 Å². The first-order valence-corrected chi connectivity index (χ1v) is 10.4. The SMILES string of the molecule is COc1cc(/C=C/C(=O)N(C)C(C(N)=O)c2cccc(F)c2)ccc1OCc1c(C)noc1C. The van der Waals surface area contributed by atoms with Crippen LogP contribution >= 0.6 is 0 Å². The van der Waals surface area contributed by atoms with Crippen LogP contribution < -0.4 is 15.2 Å². The number of nitrogens with zero attached hydrogens (tertiary/aromatic N) is 2. The van der Waals surface area contributed by atoms with Gasteiger partial charge in [-0.25, -0.2) is 4.39 Å². The highest BCUT2D eigenvalue weighted by atomic mass is 19.1. The molecule has 0 radical (unpaired) electrons. The summed E-state index contributed by atoms with van der Waals surface area (Å²) >= 11 is 0. The van der Waals surface area contributed by atoms with Gasteiger partial charge in [-0.15, -0.1) is 0 Å². The van der Waals surface area contributed by atoms with Gasteiger partial charge in [-0.1, -0.05) is 23.4 Å². The molecule has 0 saturated carbocycles. The molecule has 0 aliphatic rings. The number of halogens is 1. The largest absolute Gasteiger partial charge is 0.493 e. The van der Waals surface area contributed by atoms with Crippen LogP contribution in [0.25, 0.3) is 6.08 Å². The van der Waals surface area contributed by atoms with E-state index in [-0.39, 0.29) is 6.61 Å². The number of methoxy groups -OCH3 is 1. The number of hydrogen-bond acceptors (Lipinski definition) is 6. The molecule has 8 nitrogen and oxygen atoms in total. The highest BCUT2D eigenvalue weighted by Crippen LogP contribution is 2.30. The van der Waals surface area contributed by atoms with E-state index in [9.17, 15) is 14.0 Å². The van der Waals surface area contributed by atoms with E-state index in [4.69, 9.17) is 19.7 Å². The predicted octanol–water partition coefficient (Wildman–Crippen LogP) is 3.72. The summed E-state index contributed by atoms with van der Waals surface area (Å²) in [4.78, 5) is 25.8. The number of nitrogens with two attached hydrogens (primary N) is 1. The maximum absolute atomic E-state index is 13.6. The molecule has 0 bridgehead atoms. The van der Waals surface area contributed by atoms with Crippen molar-refractivity contribution in [1.29, 1.82) is 0 Å². The van der Waals surface area contributed by atoms with Gasteiger partial charge >= 0.3 is 0 Å². The van der Waals surface area contributed by atoms with Crippen molar-refractivity contribution < 1.29 is 28.0 Å². The molecule has 0 spiro atoms. The van der Waals surface area contributed by atoms with Crippen LogP contribution in [-0.4, -0.2) is 36.0 Å². The lowest BCUT2D eigenvalue weighted by atomic mass is 10.0. The lowest BCUT2D eigenvalue weighted by Gasteiger charge is -2.25. The molecule has 0 saturated heterocycles. The van der Waals surface area contributed by atoms with Gasteiger partial charge in [0.25, 0.3) is 0 Å². The second kappa shape index (κ2) is 10.7. The third kappa shape index (κ3) is 5.61. The maximum atomic E-state index is 13.6. The quantitative estimate of drug-likeness (QED) is 0.481. The Hall–Kier alpha value is -4.14. The van der Waals surface area contributed by atoms with Crippen LogP contribution in [0.15, 0.2) is 53.1 Å². The van der Waals surface area contributed by atoms with Gasteiger partial charge in [0.1, 0.15) is 24.2 Å². The fourth-order valence-corrected chi connectivity index (χ4v) is 3.43. The molecule has 1 heterocycles. The first kappa shape index (κ1) is 24.5. The van der Waals surface area contributed by atoms with Crippen LogP contribution in [0.1, 0.15) is 34.2 Å². The Kier molecular flexibility index (Phi) is 7.68. The lowest BCUT2D eigenvalue weighted by molar-refractivity contribution is -0.134. The molecule has 1 unspecified atom stereocenters. The monoisotopic (exact) mass is 467 g/mol.